The number of carbonyl (C=O) groups is 1. The van der Waals surface area contributed by atoms with Crippen LogP contribution in [0.4, 0.5) is 11.5 Å². The Labute approximate surface area is 111 Å². The van der Waals surface area contributed by atoms with Gasteiger partial charge in [0.1, 0.15) is 5.82 Å². The number of hydrogen-bond acceptors (Lipinski definition) is 7. The predicted molar refractivity (Wildman–Crippen MR) is 71.2 cm³/mol. The van der Waals surface area contributed by atoms with Gasteiger partial charge in [-0.15, -0.1) is 0 Å². The first-order valence-corrected chi connectivity index (χ1v) is 5.83. The maximum absolute atomic E-state index is 11.5. The van der Waals surface area contributed by atoms with Gasteiger partial charge in [-0.25, -0.2) is 9.78 Å². The van der Waals surface area contributed by atoms with Crippen molar-refractivity contribution in [2.24, 2.45) is 0 Å². The molecule has 0 radical (unpaired) electrons. The molecule has 0 aromatic carbocycles. The van der Waals surface area contributed by atoms with E-state index in [1.807, 2.05) is 11.9 Å². The molecule has 0 fully saturated rings. The molecule has 0 saturated heterocycles. The number of pyridine rings is 1. The SMILES string of the molecule is COC(=O)c1cc(N(C)CCOCCO)ncc1N. The minimum Gasteiger partial charge on any atom is -0.465 e. The first-order valence-electron chi connectivity index (χ1n) is 5.83. The number of likely N-dealkylation sites (N-methyl/N-ethyl adjacent to an activating group) is 1. The summed E-state index contributed by atoms with van der Waals surface area (Å²) in [6.07, 6.45) is 1.42. The Hall–Kier alpha value is -1.86. The van der Waals surface area contributed by atoms with Crippen LogP contribution in [0.5, 0.6) is 0 Å². The number of methoxy groups -OCH3 is 1. The summed E-state index contributed by atoms with van der Waals surface area (Å²) in [4.78, 5) is 17.5. The van der Waals surface area contributed by atoms with E-state index in [4.69, 9.17) is 15.6 Å². The first-order chi connectivity index (χ1) is 9.10. The Morgan fingerprint density at radius 3 is 2.89 bits per heavy atom. The van der Waals surface area contributed by atoms with Gasteiger partial charge in [0.15, 0.2) is 0 Å². The lowest BCUT2D eigenvalue weighted by atomic mass is 10.2. The molecule has 0 saturated carbocycles. The van der Waals surface area contributed by atoms with Crippen molar-refractivity contribution in [3.63, 3.8) is 0 Å². The topological polar surface area (TPSA) is 97.9 Å². The van der Waals surface area contributed by atoms with Crippen molar-refractivity contribution in [1.82, 2.24) is 4.98 Å². The van der Waals surface area contributed by atoms with Crippen molar-refractivity contribution < 1.29 is 19.4 Å². The molecule has 3 N–H and O–H groups in total. The van der Waals surface area contributed by atoms with Gasteiger partial charge in [0.05, 0.1) is 44.4 Å². The number of nitrogens with zero attached hydrogens (tertiary/aromatic N) is 2. The summed E-state index contributed by atoms with van der Waals surface area (Å²) >= 11 is 0. The lowest BCUT2D eigenvalue weighted by Gasteiger charge is -2.18. The molecule has 0 amide bonds. The highest BCUT2D eigenvalue weighted by Crippen LogP contribution is 2.18. The third kappa shape index (κ3) is 4.38. The zero-order valence-corrected chi connectivity index (χ0v) is 11.1. The summed E-state index contributed by atoms with van der Waals surface area (Å²) in [5.74, 6) is 0.105. The number of nitrogens with two attached hydrogens (primary N) is 1. The molecule has 0 bridgehead atoms. The molecule has 1 aromatic rings. The molecule has 0 aliphatic carbocycles. The lowest BCUT2D eigenvalue weighted by molar-refractivity contribution is 0.0602. The van der Waals surface area contributed by atoms with E-state index in [0.717, 1.165) is 0 Å². The largest absolute Gasteiger partial charge is 0.465 e. The number of anilines is 2. The Morgan fingerprint density at radius 1 is 1.53 bits per heavy atom. The Balaban J connectivity index is 2.69. The second-order valence-corrected chi connectivity index (χ2v) is 3.88. The van der Waals surface area contributed by atoms with Crippen LogP contribution >= 0.6 is 0 Å². The highest BCUT2D eigenvalue weighted by atomic mass is 16.5. The van der Waals surface area contributed by atoms with Gasteiger partial charge in [-0.05, 0) is 6.07 Å². The molecular formula is C12H19N3O4. The van der Waals surface area contributed by atoms with Gasteiger partial charge in [0, 0.05) is 13.6 Å². The number of aliphatic hydroxyl groups excluding tert-OH is 1. The maximum Gasteiger partial charge on any atom is 0.340 e. The Kier molecular flexibility index (Phi) is 6.04. The Morgan fingerprint density at radius 2 is 2.26 bits per heavy atom. The standard InChI is InChI=1S/C12H19N3O4/c1-15(3-5-19-6-4-16)11-7-9(12(17)18-2)10(13)8-14-11/h7-8,16H,3-6,13H2,1-2H3. The van der Waals surface area contributed by atoms with E-state index in [0.29, 0.717) is 25.6 Å². The van der Waals surface area contributed by atoms with Crippen LogP contribution in [0.15, 0.2) is 12.3 Å². The fraction of sp³-hybridized carbons (Fsp3) is 0.500. The molecule has 1 aromatic heterocycles. The molecule has 0 unspecified atom stereocenters. The fourth-order valence-electron chi connectivity index (χ4n) is 1.43. The van der Waals surface area contributed by atoms with Crippen molar-refractivity contribution in [1.29, 1.82) is 0 Å². The van der Waals surface area contributed by atoms with Crippen LogP contribution in [0.25, 0.3) is 0 Å². The summed E-state index contributed by atoms with van der Waals surface area (Å²) in [7, 11) is 3.12. The number of aliphatic hydroxyl groups is 1. The maximum atomic E-state index is 11.5. The van der Waals surface area contributed by atoms with Crippen molar-refractivity contribution in [2.45, 2.75) is 0 Å². The highest BCUT2D eigenvalue weighted by Gasteiger charge is 2.13. The molecule has 0 atom stereocenters. The smallest absolute Gasteiger partial charge is 0.340 e. The van der Waals surface area contributed by atoms with Crippen LogP contribution in [0.1, 0.15) is 10.4 Å². The van der Waals surface area contributed by atoms with Gasteiger partial charge in [0.25, 0.3) is 0 Å². The third-order valence-corrected chi connectivity index (χ3v) is 2.52. The van der Waals surface area contributed by atoms with E-state index in [-0.39, 0.29) is 17.9 Å². The fourth-order valence-corrected chi connectivity index (χ4v) is 1.43. The molecular weight excluding hydrogens is 250 g/mol. The van der Waals surface area contributed by atoms with Gasteiger partial charge in [0.2, 0.25) is 0 Å². The van der Waals surface area contributed by atoms with Crippen molar-refractivity contribution in [2.75, 3.05) is 51.2 Å². The second-order valence-electron chi connectivity index (χ2n) is 3.88. The molecule has 106 valence electrons. The molecule has 0 aliphatic heterocycles. The zero-order chi connectivity index (χ0) is 14.3. The van der Waals surface area contributed by atoms with Crippen LogP contribution in [-0.4, -0.2) is 56.6 Å². The highest BCUT2D eigenvalue weighted by molar-refractivity contribution is 5.95. The van der Waals surface area contributed by atoms with Gasteiger partial charge < -0.3 is 25.2 Å². The van der Waals surface area contributed by atoms with E-state index in [1.54, 1.807) is 6.07 Å². The molecule has 1 heterocycles. The Bertz CT molecular complexity index is 425. The zero-order valence-electron chi connectivity index (χ0n) is 11.1. The molecule has 7 heteroatoms. The van der Waals surface area contributed by atoms with Gasteiger partial charge in [-0.1, -0.05) is 0 Å². The summed E-state index contributed by atoms with van der Waals surface area (Å²) in [6.45, 7) is 1.33. The normalized spacial score (nSPS) is 10.3. The number of hydrogen-bond donors (Lipinski definition) is 2. The van der Waals surface area contributed by atoms with Crippen molar-refractivity contribution in [3.8, 4) is 0 Å². The predicted octanol–water partition coefficient (Wildman–Crippen LogP) is -0.104. The number of nitrogen functional groups attached to an aromatic ring is 1. The second kappa shape index (κ2) is 7.55. The van der Waals surface area contributed by atoms with E-state index in [2.05, 4.69) is 9.72 Å². The number of esters is 1. The van der Waals surface area contributed by atoms with E-state index < -0.39 is 5.97 Å². The lowest BCUT2D eigenvalue weighted by Crippen LogP contribution is -2.24. The number of aromatic nitrogens is 1. The van der Waals surface area contributed by atoms with Crippen molar-refractivity contribution >= 4 is 17.5 Å². The quantitative estimate of drug-likeness (QED) is 0.526. The van der Waals surface area contributed by atoms with Crippen LogP contribution in [0.3, 0.4) is 0 Å². The summed E-state index contributed by atoms with van der Waals surface area (Å²) < 4.78 is 9.81. The minimum atomic E-state index is -0.494. The molecule has 7 nitrogen and oxygen atoms in total. The average molecular weight is 269 g/mol. The van der Waals surface area contributed by atoms with E-state index >= 15 is 0 Å². The van der Waals surface area contributed by atoms with E-state index in [9.17, 15) is 4.79 Å². The number of carbonyl (C=O) groups excluding carboxylic acids is 1. The molecule has 0 aliphatic rings. The number of rotatable bonds is 7. The van der Waals surface area contributed by atoms with Gasteiger partial charge >= 0.3 is 5.97 Å². The van der Waals surface area contributed by atoms with Crippen LogP contribution in [0.2, 0.25) is 0 Å². The summed E-state index contributed by atoms with van der Waals surface area (Å²) in [6, 6.07) is 1.58. The van der Waals surface area contributed by atoms with Gasteiger partial charge in [-0.2, -0.15) is 0 Å². The third-order valence-electron chi connectivity index (χ3n) is 2.52. The van der Waals surface area contributed by atoms with Crippen LogP contribution in [0, 0.1) is 0 Å². The molecule has 0 spiro atoms. The monoisotopic (exact) mass is 269 g/mol. The molecule has 1 rings (SSSR count). The molecule has 19 heavy (non-hydrogen) atoms. The average Bonchev–Trinajstić information content (AvgIpc) is 2.43. The first kappa shape index (κ1) is 15.2. The van der Waals surface area contributed by atoms with Crippen LogP contribution in [-0.2, 0) is 9.47 Å². The minimum absolute atomic E-state index is 0.00365. The van der Waals surface area contributed by atoms with E-state index in [1.165, 1.54) is 13.3 Å². The summed E-state index contributed by atoms with van der Waals surface area (Å²) in [5.41, 5.74) is 6.24. The van der Waals surface area contributed by atoms with Crippen molar-refractivity contribution in [3.05, 3.63) is 17.8 Å². The van der Waals surface area contributed by atoms with Crippen LogP contribution < -0.4 is 10.6 Å². The number of ether oxygens (including phenoxy) is 2. The van der Waals surface area contributed by atoms with Gasteiger partial charge in [-0.3, -0.25) is 0 Å². The summed E-state index contributed by atoms with van der Waals surface area (Å²) in [5, 5.41) is 8.59.